The van der Waals surface area contributed by atoms with Crippen LogP contribution in [0.1, 0.15) is 24.1 Å². The van der Waals surface area contributed by atoms with Gasteiger partial charge in [0.05, 0.1) is 18.0 Å². The minimum absolute atomic E-state index is 0.375. The van der Waals surface area contributed by atoms with E-state index in [1.165, 1.54) is 0 Å². The van der Waals surface area contributed by atoms with Crippen molar-refractivity contribution in [3.8, 4) is 0 Å². The largest absolute Gasteiger partial charge is 0.343 e. The molecule has 3 aromatic rings. The number of sulfonamides is 1. The van der Waals surface area contributed by atoms with Crippen LogP contribution in [-0.4, -0.2) is 26.6 Å². The van der Waals surface area contributed by atoms with E-state index in [2.05, 4.69) is 5.32 Å². The van der Waals surface area contributed by atoms with Crippen LogP contribution in [0.3, 0.4) is 0 Å². The minimum Gasteiger partial charge on any atom is -0.343 e. The van der Waals surface area contributed by atoms with Crippen molar-refractivity contribution in [2.24, 2.45) is 0 Å². The summed E-state index contributed by atoms with van der Waals surface area (Å²) in [4.78, 5) is 13.2. The van der Waals surface area contributed by atoms with Gasteiger partial charge in [-0.3, -0.25) is 9.10 Å². The molecule has 1 amide bonds. The lowest BCUT2D eigenvalue weighted by molar-refractivity contribution is -0.122. The van der Waals surface area contributed by atoms with Crippen LogP contribution >= 0.6 is 11.6 Å². The first-order chi connectivity index (χ1) is 14.3. The highest BCUT2D eigenvalue weighted by molar-refractivity contribution is 7.92. The normalized spacial score (nSPS) is 12.4. The van der Waals surface area contributed by atoms with E-state index in [0.29, 0.717) is 10.7 Å². The predicted molar refractivity (Wildman–Crippen MR) is 121 cm³/mol. The first-order valence-corrected chi connectivity index (χ1v) is 11.7. The molecule has 0 unspecified atom stereocenters. The molecule has 30 heavy (non-hydrogen) atoms. The fourth-order valence-corrected chi connectivity index (χ4v) is 4.61. The quantitative estimate of drug-likeness (QED) is 0.589. The van der Waals surface area contributed by atoms with Crippen molar-refractivity contribution in [3.63, 3.8) is 0 Å². The van der Waals surface area contributed by atoms with E-state index < -0.39 is 28.0 Å². The Balaban J connectivity index is 1.93. The van der Waals surface area contributed by atoms with Crippen molar-refractivity contribution >= 4 is 33.2 Å². The van der Waals surface area contributed by atoms with Gasteiger partial charge >= 0.3 is 0 Å². The molecule has 0 aliphatic heterocycles. The maximum Gasteiger partial charge on any atom is 0.244 e. The van der Waals surface area contributed by atoms with Crippen LogP contribution < -0.4 is 9.62 Å². The van der Waals surface area contributed by atoms with Gasteiger partial charge in [-0.1, -0.05) is 72.3 Å². The molecular formula is C23H23ClN2O3S. The van der Waals surface area contributed by atoms with E-state index in [0.717, 1.165) is 21.7 Å². The Morgan fingerprint density at radius 1 is 0.867 bits per heavy atom. The van der Waals surface area contributed by atoms with Crippen LogP contribution in [0.25, 0.3) is 0 Å². The fraction of sp³-hybridized carbons (Fsp3) is 0.174. The van der Waals surface area contributed by atoms with Crippen LogP contribution in [0.5, 0.6) is 0 Å². The van der Waals surface area contributed by atoms with Gasteiger partial charge in [-0.25, -0.2) is 8.42 Å². The van der Waals surface area contributed by atoms with Crippen LogP contribution in [0.4, 0.5) is 5.69 Å². The molecule has 3 rings (SSSR count). The van der Waals surface area contributed by atoms with Crippen LogP contribution in [0.2, 0.25) is 5.02 Å². The maximum absolute atomic E-state index is 13.2. The lowest BCUT2D eigenvalue weighted by atomic mass is 9.98. The maximum atomic E-state index is 13.2. The Morgan fingerprint density at radius 3 is 1.77 bits per heavy atom. The van der Waals surface area contributed by atoms with E-state index in [9.17, 15) is 13.2 Å². The zero-order chi connectivity index (χ0) is 21.7. The highest BCUT2D eigenvalue weighted by atomic mass is 35.5. The third kappa shape index (κ3) is 5.20. The standard InChI is InChI=1S/C23H23ClN2O3S/c1-17(26(30(2,28)29)21-15-13-20(24)14-16-21)23(27)25-22(18-9-5-3-6-10-18)19-11-7-4-8-12-19/h3-17,22H,1-2H3,(H,25,27)/t17-/m1/s1. The zero-order valence-electron chi connectivity index (χ0n) is 16.7. The van der Waals surface area contributed by atoms with Crippen molar-refractivity contribution in [1.29, 1.82) is 0 Å². The summed E-state index contributed by atoms with van der Waals surface area (Å²) in [5.41, 5.74) is 2.18. The van der Waals surface area contributed by atoms with E-state index in [1.807, 2.05) is 60.7 Å². The highest BCUT2D eigenvalue weighted by Crippen LogP contribution is 2.25. The number of anilines is 1. The second-order valence-electron chi connectivity index (χ2n) is 6.97. The van der Waals surface area contributed by atoms with Crippen molar-refractivity contribution in [2.45, 2.75) is 19.0 Å². The highest BCUT2D eigenvalue weighted by Gasteiger charge is 2.30. The summed E-state index contributed by atoms with van der Waals surface area (Å²) in [6.07, 6.45) is 1.08. The second kappa shape index (κ2) is 9.32. The number of amides is 1. The van der Waals surface area contributed by atoms with Crippen molar-refractivity contribution in [2.75, 3.05) is 10.6 Å². The SMILES string of the molecule is C[C@H](C(=O)NC(c1ccccc1)c1ccccc1)N(c1ccc(Cl)cc1)S(C)(=O)=O. The zero-order valence-corrected chi connectivity index (χ0v) is 18.3. The van der Waals surface area contributed by atoms with E-state index in [-0.39, 0.29) is 0 Å². The van der Waals surface area contributed by atoms with Gasteiger partial charge in [0.1, 0.15) is 6.04 Å². The molecule has 0 aromatic heterocycles. The smallest absolute Gasteiger partial charge is 0.244 e. The summed E-state index contributed by atoms with van der Waals surface area (Å²) in [5.74, 6) is -0.409. The number of nitrogens with zero attached hydrogens (tertiary/aromatic N) is 1. The summed E-state index contributed by atoms with van der Waals surface area (Å²) in [6, 6.07) is 24.1. The van der Waals surface area contributed by atoms with Crippen LogP contribution in [0, 0.1) is 0 Å². The third-order valence-corrected chi connectivity index (χ3v) is 6.22. The average Bonchev–Trinajstić information content (AvgIpc) is 2.73. The van der Waals surface area contributed by atoms with E-state index >= 15 is 0 Å². The molecule has 1 N–H and O–H groups in total. The first-order valence-electron chi connectivity index (χ1n) is 9.42. The molecule has 1 atom stereocenters. The van der Waals surface area contributed by atoms with Gasteiger partial charge in [-0.2, -0.15) is 0 Å². The number of nitrogens with one attached hydrogen (secondary N) is 1. The Bertz CT molecular complexity index is 1050. The minimum atomic E-state index is -3.71. The summed E-state index contributed by atoms with van der Waals surface area (Å²) < 4.78 is 26.1. The molecule has 0 aliphatic rings. The number of carbonyl (C=O) groups is 1. The number of benzene rings is 3. The van der Waals surface area contributed by atoms with Gasteiger partial charge < -0.3 is 5.32 Å². The van der Waals surface area contributed by atoms with Gasteiger partial charge in [0, 0.05) is 5.02 Å². The molecule has 0 saturated heterocycles. The third-order valence-electron chi connectivity index (χ3n) is 4.72. The van der Waals surface area contributed by atoms with E-state index in [1.54, 1.807) is 31.2 Å². The molecular weight excluding hydrogens is 420 g/mol. The monoisotopic (exact) mass is 442 g/mol. The van der Waals surface area contributed by atoms with Gasteiger partial charge in [0.2, 0.25) is 15.9 Å². The Hall–Kier alpha value is -2.83. The number of carbonyl (C=O) groups excluding carboxylic acids is 1. The molecule has 0 bridgehead atoms. The summed E-state index contributed by atoms with van der Waals surface area (Å²) in [7, 11) is -3.71. The first kappa shape index (κ1) is 21.9. The number of halogens is 1. The topological polar surface area (TPSA) is 66.5 Å². The van der Waals surface area contributed by atoms with Gasteiger partial charge in [-0.05, 0) is 42.3 Å². The van der Waals surface area contributed by atoms with Crippen LogP contribution in [-0.2, 0) is 14.8 Å². The molecule has 3 aromatic carbocycles. The molecule has 0 spiro atoms. The Labute approximate surface area is 182 Å². The summed E-state index contributed by atoms with van der Waals surface area (Å²) in [6.45, 7) is 1.57. The summed E-state index contributed by atoms with van der Waals surface area (Å²) >= 11 is 5.93. The summed E-state index contributed by atoms with van der Waals surface area (Å²) in [5, 5.41) is 3.50. The second-order valence-corrected chi connectivity index (χ2v) is 9.27. The predicted octanol–water partition coefficient (Wildman–Crippen LogP) is 4.40. The van der Waals surface area contributed by atoms with Gasteiger partial charge in [0.25, 0.3) is 0 Å². The molecule has 0 aliphatic carbocycles. The number of hydrogen-bond donors (Lipinski definition) is 1. The van der Waals surface area contributed by atoms with E-state index in [4.69, 9.17) is 11.6 Å². The Morgan fingerprint density at radius 2 is 1.33 bits per heavy atom. The molecule has 5 nitrogen and oxygen atoms in total. The fourth-order valence-electron chi connectivity index (χ4n) is 3.31. The van der Waals surface area contributed by atoms with Crippen molar-refractivity contribution < 1.29 is 13.2 Å². The molecule has 0 heterocycles. The molecule has 7 heteroatoms. The van der Waals surface area contributed by atoms with Crippen molar-refractivity contribution in [3.05, 3.63) is 101 Å². The molecule has 0 saturated carbocycles. The molecule has 156 valence electrons. The lowest BCUT2D eigenvalue weighted by Crippen LogP contribution is -2.48. The van der Waals surface area contributed by atoms with Gasteiger partial charge in [0.15, 0.2) is 0 Å². The van der Waals surface area contributed by atoms with Crippen LogP contribution in [0.15, 0.2) is 84.9 Å². The lowest BCUT2D eigenvalue weighted by Gasteiger charge is -2.30. The number of rotatable bonds is 7. The molecule has 0 fully saturated rings. The molecule has 0 radical (unpaired) electrons. The average molecular weight is 443 g/mol. The van der Waals surface area contributed by atoms with Crippen molar-refractivity contribution in [1.82, 2.24) is 5.32 Å². The van der Waals surface area contributed by atoms with Gasteiger partial charge in [-0.15, -0.1) is 0 Å². The Kier molecular flexibility index (Phi) is 6.80. The number of hydrogen-bond acceptors (Lipinski definition) is 3.